The summed E-state index contributed by atoms with van der Waals surface area (Å²) in [5.41, 5.74) is 0.889. The number of urea groups is 1. The van der Waals surface area contributed by atoms with Crippen molar-refractivity contribution in [3.63, 3.8) is 0 Å². The summed E-state index contributed by atoms with van der Waals surface area (Å²) in [6, 6.07) is 18.0. The molecule has 0 spiro atoms. The molecule has 3 amide bonds. The van der Waals surface area contributed by atoms with Gasteiger partial charge in [0.15, 0.2) is 11.4 Å². The highest BCUT2D eigenvalue weighted by Gasteiger charge is 2.48. The van der Waals surface area contributed by atoms with Crippen LogP contribution in [-0.2, 0) is 16.9 Å². The lowest BCUT2D eigenvalue weighted by atomic mass is 9.88. The molecular formula is C24H17ClFN3O3. The highest BCUT2D eigenvalue weighted by Crippen LogP contribution is 2.34. The molecule has 1 aliphatic heterocycles. The second-order valence-corrected chi connectivity index (χ2v) is 8.15. The first-order valence-electron chi connectivity index (χ1n) is 9.83. The number of aromatic nitrogens is 1. The minimum Gasteiger partial charge on any atom is -0.494 e. The van der Waals surface area contributed by atoms with Gasteiger partial charge in [-0.05, 0) is 47.0 Å². The number of benzene rings is 3. The van der Waals surface area contributed by atoms with E-state index in [1.54, 1.807) is 30.5 Å². The maximum absolute atomic E-state index is 13.6. The zero-order valence-electron chi connectivity index (χ0n) is 16.6. The number of hydrogen-bond acceptors (Lipinski definition) is 3. The molecule has 1 aromatic heterocycles. The SMILES string of the molecule is O=C1NC(=O)[C@](Cn2cc3ccc(F)cc3c2O)(c2ccc(-c3cccc(Cl)c3)cc2)N1. The second-order valence-electron chi connectivity index (χ2n) is 7.71. The first kappa shape index (κ1) is 20.1. The first-order chi connectivity index (χ1) is 15.4. The number of fused-ring (bicyclic) bond motifs is 1. The topological polar surface area (TPSA) is 83.4 Å². The van der Waals surface area contributed by atoms with E-state index in [-0.39, 0.29) is 12.4 Å². The number of nitrogens with zero attached hydrogens (tertiary/aromatic N) is 1. The summed E-state index contributed by atoms with van der Waals surface area (Å²) < 4.78 is 15.1. The maximum Gasteiger partial charge on any atom is 0.322 e. The molecule has 6 nitrogen and oxygen atoms in total. The highest BCUT2D eigenvalue weighted by atomic mass is 35.5. The molecule has 0 radical (unpaired) electrons. The van der Waals surface area contributed by atoms with Crippen molar-refractivity contribution in [3.05, 3.63) is 89.3 Å². The first-order valence-corrected chi connectivity index (χ1v) is 10.2. The van der Waals surface area contributed by atoms with Crippen molar-refractivity contribution in [2.45, 2.75) is 12.1 Å². The number of halogens is 2. The van der Waals surface area contributed by atoms with Crippen molar-refractivity contribution >= 4 is 34.3 Å². The van der Waals surface area contributed by atoms with Crippen LogP contribution in [0.15, 0.2) is 72.9 Å². The molecular weight excluding hydrogens is 433 g/mol. The lowest BCUT2D eigenvalue weighted by Gasteiger charge is -2.27. The monoisotopic (exact) mass is 449 g/mol. The zero-order chi connectivity index (χ0) is 22.5. The van der Waals surface area contributed by atoms with E-state index in [2.05, 4.69) is 10.6 Å². The molecule has 1 atom stereocenters. The largest absolute Gasteiger partial charge is 0.494 e. The smallest absolute Gasteiger partial charge is 0.322 e. The molecule has 32 heavy (non-hydrogen) atoms. The summed E-state index contributed by atoms with van der Waals surface area (Å²) in [4.78, 5) is 25.0. The Morgan fingerprint density at radius 3 is 2.47 bits per heavy atom. The van der Waals surface area contributed by atoms with E-state index in [9.17, 15) is 19.1 Å². The van der Waals surface area contributed by atoms with Gasteiger partial charge < -0.3 is 15.0 Å². The number of rotatable bonds is 4. The Morgan fingerprint density at radius 2 is 1.78 bits per heavy atom. The van der Waals surface area contributed by atoms with Crippen molar-refractivity contribution < 1.29 is 19.1 Å². The van der Waals surface area contributed by atoms with Gasteiger partial charge in [0.25, 0.3) is 5.91 Å². The predicted octanol–water partition coefficient (Wildman–Crippen LogP) is 4.54. The Balaban J connectivity index is 1.57. The number of nitrogens with one attached hydrogen (secondary N) is 2. The van der Waals surface area contributed by atoms with Crippen molar-refractivity contribution in [1.82, 2.24) is 15.2 Å². The zero-order valence-corrected chi connectivity index (χ0v) is 17.4. The molecule has 0 unspecified atom stereocenters. The molecule has 0 bridgehead atoms. The van der Waals surface area contributed by atoms with Crippen LogP contribution in [0.4, 0.5) is 9.18 Å². The third-order valence-electron chi connectivity index (χ3n) is 5.71. The van der Waals surface area contributed by atoms with Crippen molar-refractivity contribution in [1.29, 1.82) is 0 Å². The van der Waals surface area contributed by atoms with E-state index in [0.717, 1.165) is 11.1 Å². The summed E-state index contributed by atoms with van der Waals surface area (Å²) in [7, 11) is 0. The van der Waals surface area contributed by atoms with Crippen LogP contribution in [0.1, 0.15) is 5.56 Å². The summed E-state index contributed by atoms with van der Waals surface area (Å²) in [6.07, 6.45) is 1.62. The number of hydrogen-bond donors (Lipinski definition) is 3. The quantitative estimate of drug-likeness (QED) is 0.400. The van der Waals surface area contributed by atoms with Gasteiger partial charge in [0, 0.05) is 22.0 Å². The predicted molar refractivity (Wildman–Crippen MR) is 119 cm³/mol. The summed E-state index contributed by atoms with van der Waals surface area (Å²) in [5, 5.41) is 17.2. The molecule has 0 aliphatic carbocycles. The minimum atomic E-state index is -1.45. The Labute approximate surface area is 187 Å². The van der Waals surface area contributed by atoms with Gasteiger partial charge in [0.1, 0.15) is 5.82 Å². The molecule has 5 rings (SSSR count). The number of carbonyl (C=O) groups excluding carboxylic acids is 2. The van der Waals surface area contributed by atoms with Crippen LogP contribution in [0, 0.1) is 5.82 Å². The fourth-order valence-electron chi connectivity index (χ4n) is 4.11. The summed E-state index contributed by atoms with van der Waals surface area (Å²) in [6.45, 7) is -0.0801. The van der Waals surface area contributed by atoms with Crippen LogP contribution < -0.4 is 10.6 Å². The number of imide groups is 1. The lowest BCUT2D eigenvalue weighted by molar-refractivity contribution is -0.124. The van der Waals surface area contributed by atoms with Gasteiger partial charge in [-0.15, -0.1) is 0 Å². The van der Waals surface area contributed by atoms with E-state index in [1.807, 2.05) is 30.3 Å². The third kappa shape index (κ3) is 3.27. The summed E-state index contributed by atoms with van der Waals surface area (Å²) in [5.74, 6) is -1.21. The molecule has 3 N–H and O–H groups in total. The molecule has 3 aromatic carbocycles. The van der Waals surface area contributed by atoms with Gasteiger partial charge >= 0.3 is 6.03 Å². The van der Waals surface area contributed by atoms with E-state index in [1.165, 1.54) is 16.7 Å². The Morgan fingerprint density at radius 1 is 1.00 bits per heavy atom. The molecule has 2 heterocycles. The molecule has 1 aliphatic rings. The van der Waals surface area contributed by atoms with E-state index in [4.69, 9.17) is 11.6 Å². The Bertz CT molecular complexity index is 1380. The van der Waals surface area contributed by atoms with Gasteiger partial charge in [-0.3, -0.25) is 10.1 Å². The maximum atomic E-state index is 13.6. The van der Waals surface area contributed by atoms with Gasteiger partial charge in [0.2, 0.25) is 0 Å². The van der Waals surface area contributed by atoms with E-state index < -0.39 is 23.3 Å². The van der Waals surface area contributed by atoms with Crippen LogP contribution in [-0.4, -0.2) is 21.6 Å². The number of amides is 3. The van der Waals surface area contributed by atoms with Gasteiger partial charge in [-0.2, -0.15) is 0 Å². The number of aromatic hydroxyl groups is 1. The standard InChI is InChI=1S/C24H17ClFN3O3/c25-18-3-1-2-15(10-18)14-4-7-17(8-5-14)24(22(31)27-23(32)28-24)13-29-12-16-6-9-19(26)11-20(16)21(29)30/h1-12,30H,13H2,(H2,27,28,31,32)/t24-/m0/s1. The molecule has 1 saturated heterocycles. The van der Waals surface area contributed by atoms with Crippen LogP contribution in [0.2, 0.25) is 5.02 Å². The van der Waals surface area contributed by atoms with Crippen LogP contribution in [0.3, 0.4) is 0 Å². The molecule has 0 saturated carbocycles. The van der Waals surface area contributed by atoms with E-state index in [0.29, 0.717) is 21.4 Å². The highest BCUT2D eigenvalue weighted by molar-refractivity contribution is 6.30. The normalized spacial score (nSPS) is 18.1. The Hall–Kier alpha value is -3.84. The average Bonchev–Trinajstić information content (AvgIpc) is 3.24. The van der Waals surface area contributed by atoms with Crippen LogP contribution in [0.25, 0.3) is 21.9 Å². The molecule has 1 fully saturated rings. The lowest BCUT2D eigenvalue weighted by Crippen LogP contribution is -2.47. The second kappa shape index (κ2) is 7.39. The molecule has 4 aromatic rings. The minimum absolute atomic E-state index is 0.0801. The fourth-order valence-corrected chi connectivity index (χ4v) is 4.30. The summed E-state index contributed by atoms with van der Waals surface area (Å²) >= 11 is 6.08. The fraction of sp³-hybridized carbons (Fsp3) is 0.0833. The van der Waals surface area contributed by atoms with Crippen molar-refractivity contribution in [2.24, 2.45) is 0 Å². The Kier molecular flexibility index (Phi) is 4.64. The molecule has 8 heteroatoms. The molecule has 160 valence electrons. The van der Waals surface area contributed by atoms with Crippen molar-refractivity contribution in [2.75, 3.05) is 0 Å². The third-order valence-corrected chi connectivity index (χ3v) is 5.94. The van der Waals surface area contributed by atoms with Gasteiger partial charge in [-0.25, -0.2) is 9.18 Å². The van der Waals surface area contributed by atoms with E-state index >= 15 is 0 Å². The number of carbonyl (C=O) groups is 2. The van der Waals surface area contributed by atoms with Gasteiger partial charge in [-0.1, -0.05) is 48.0 Å². The average molecular weight is 450 g/mol. The van der Waals surface area contributed by atoms with Crippen LogP contribution in [0.5, 0.6) is 5.88 Å². The van der Waals surface area contributed by atoms with Crippen molar-refractivity contribution in [3.8, 4) is 17.0 Å². The van der Waals surface area contributed by atoms with Crippen LogP contribution >= 0.6 is 11.6 Å². The van der Waals surface area contributed by atoms with Gasteiger partial charge in [0.05, 0.1) is 6.54 Å².